The number of hydrogen-bond donors (Lipinski definition) is 1. The number of carbonyl (C=O) groups excluding carboxylic acids is 1. The Kier molecular flexibility index (Phi) is 5.59. The average molecular weight is 358 g/mol. The lowest BCUT2D eigenvalue weighted by Crippen LogP contribution is -2.14. The van der Waals surface area contributed by atoms with Gasteiger partial charge >= 0.3 is 5.69 Å². The molecule has 1 N–H and O–H groups in total. The first-order valence-corrected chi connectivity index (χ1v) is 7.68. The van der Waals surface area contributed by atoms with Crippen LogP contribution in [-0.2, 0) is 4.79 Å². The van der Waals surface area contributed by atoms with E-state index in [0.717, 1.165) is 11.8 Å². The second-order valence-electron chi connectivity index (χ2n) is 4.05. The highest BCUT2D eigenvalue weighted by Gasteiger charge is 2.16. The summed E-state index contributed by atoms with van der Waals surface area (Å²) in [6.45, 7) is 0. The fraction of sp³-hybridized carbons (Fsp3) is 0.0769. The van der Waals surface area contributed by atoms with Crippen LogP contribution in [0, 0.1) is 10.1 Å². The van der Waals surface area contributed by atoms with E-state index in [9.17, 15) is 14.9 Å². The Bertz CT molecular complexity index is 727. The molecule has 0 aliphatic carbocycles. The van der Waals surface area contributed by atoms with Crippen LogP contribution in [0.1, 0.15) is 0 Å². The van der Waals surface area contributed by atoms with E-state index in [1.807, 2.05) is 0 Å². The van der Waals surface area contributed by atoms with Crippen molar-refractivity contribution in [3.05, 3.63) is 56.7 Å². The molecule has 1 heterocycles. The van der Waals surface area contributed by atoms with Gasteiger partial charge in [-0.25, -0.2) is 4.98 Å². The van der Waals surface area contributed by atoms with Crippen LogP contribution in [-0.4, -0.2) is 21.6 Å². The maximum atomic E-state index is 11.9. The van der Waals surface area contributed by atoms with E-state index in [0.29, 0.717) is 15.7 Å². The van der Waals surface area contributed by atoms with Crippen molar-refractivity contribution in [3.63, 3.8) is 0 Å². The highest BCUT2D eigenvalue weighted by atomic mass is 35.5. The zero-order valence-electron chi connectivity index (χ0n) is 11.0. The van der Waals surface area contributed by atoms with Gasteiger partial charge in [-0.15, -0.1) is 0 Å². The van der Waals surface area contributed by atoms with Gasteiger partial charge in [0, 0.05) is 18.0 Å². The molecule has 0 fully saturated rings. The van der Waals surface area contributed by atoms with Gasteiger partial charge in [0.25, 0.3) is 0 Å². The Balaban J connectivity index is 1.98. The molecule has 22 heavy (non-hydrogen) atoms. The number of thioether (sulfide) groups is 1. The number of hydrogen-bond acceptors (Lipinski definition) is 5. The van der Waals surface area contributed by atoms with Gasteiger partial charge in [0.2, 0.25) is 5.91 Å². The first-order chi connectivity index (χ1) is 10.5. The summed E-state index contributed by atoms with van der Waals surface area (Å²) in [6.07, 6.45) is 1.44. The van der Waals surface area contributed by atoms with Crippen LogP contribution in [0.5, 0.6) is 0 Å². The van der Waals surface area contributed by atoms with Gasteiger partial charge in [-0.1, -0.05) is 35.0 Å². The molecule has 0 aliphatic heterocycles. The predicted molar refractivity (Wildman–Crippen MR) is 86.7 cm³/mol. The van der Waals surface area contributed by atoms with Crippen LogP contribution in [0.15, 0.2) is 41.6 Å². The molecule has 2 rings (SSSR count). The normalized spacial score (nSPS) is 10.3. The molecule has 2 aromatic rings. The lowest BCUT2D eigenvalue weighted by atomic mass is 10.3. The summed E-state index contributed by atoms with van der Waals surface area (Å²) in [5.41, 5.74) is 0.366. The fourth-order valence-electron chi connectivity index (χ4n) is 1.54. The van der Waals surface area contributed by atoms with E-state index < -0.39 is 4.92 Å². The number of benzene rings is 1. The standard InChI is InChI=1S/C13H9Cl2N3O3S/c14-9-4-3-8(6-10(9)15)17-12(19)7-22-13-11(18(20)21)2-1-5-16-13/h1-6H,7H2,(H,17,19). The number of anilines is 1. The summed E-state index contributed by atoms with van der Waals surface area (Å²) >= 11 is 12.6. The maximum Gasteiger partial charge on any atom is 0.301 e. The molecule has 0 atom stereocenters. The molecule has 0 spiro atoms. The van der Waals surface area contributed by atoms with Crippen molar-refractivity contribution in [1.82, 2.24) is 4.98 Å². The molecule has 1 aromatic heterocycles. The Labute approximate surface area is 140 Å². The van der Waals surface area contributed by atoms with Gasteiger partial charge in [-0.05, 0) is 24.3 Å². The van der Waals surface area contributed by atoms with Gasteiger partial charge in [0.15, 0.2) is 5.03 Å². The van der Waals surface area contributed by atoms with Crippen LogP contribution < -0.4 is 5.32 Å². The summed E-state index contributed by atoms with van der Waals surface area (Å²) in [7, 11) is 0. The van der Waals surface area contributed by atoms with Crippen LogP contribution >= 0.6 is 35.0 Å². The lowest BCUT2D eigenvalue weighted by molar-refractivity contribution is -0.388. The van der Waals surface area contributed by atoms with Gasteiger partial charge < -0.3 is 5.32 Å². The highest BCUT2D eigenvalue weighted by molar-refractivity contribution is 8.00. The zero-order chi connectivity index (χ0) is 16.1. The predicted octanol–water partition coefficient (Wildman–Crippen LogP) is 4.03. The number of rotatable bonds is 5. The van der Waals surface area contributed by atoms with E-state index in [1.165, 1.54) is 24.4 Å². The van der Waals surface area contributed by atoms with Crippen molar-refractivity contribution in [2.45, 2.75) is 5.03 Å². The molecule has 114 valence electrons. The van der Waals surface area contributed by atoms with Crippen LogP contribution in [0.25, 0.3) is 0 Å². The Hall–Kier alpha value is -1.83. The number of nitrogens with one attached hydrogen (secondary N) is 1. The van der Waals surface area contributed by atoms with E-state index in [4.69, 9.17) is 23.2 Å². The van der Waals surface area contributed by atoms with Crippen molar-refractivity contribution in [2.75, 3.05) is 11.1 Å². The van der Waals surface area contributed by atoms with Crippen LogP contribution in [0.2, 0.25) is 10.0 Å². The number of nitro groups is 1. The molecule has 0 saturated heterocycles. The second kappa shape index (κ2) is 7.44. The van der Waals surface area contributed by atoms with Crippen LogP contribution in [0.4, 0.5) is 11.4 Å². The minimum absolute atomic E-state index is 0.0158. The van der Waals surface area contributed by atoms with Crippen molar-refractivity contribution < 1.29 is 9.72 Å². The quantitative estimate of drug-likeness (QED) is 0.496. The van der Waals surface area contributed by atoms with E-state index >= 15 is 0 Å². The molecule has 0 saturated carbocycles. The van der Waals surface area contributed by atoms with Gasteiger partial charge in [0.05, 0.1) is 20.7 Å². The number of halogens is 2. The van der Waals surface area contributed by atoms with Crippen molar-refractivity contribution in [1.29, 1.82) is 0 Å². The van der Waals surface area contributed by atoms with Crippen molar-refractivity contribution in [2.24, 2.45) is 0 Å². The molecule has 0 unspecified atom stereocenters. The molecular formula is C13H9Cl2N3O3S. The topological polar surface area (TPSA) is 85.1 Å². The molecule has 0 radical (unpaired) electrons. The Morgan fingerprint density at radius 3 is 2.77 bits per heavy atom. The molecular weight excluding hydrogens is 349 g/mol. The third-order valence-corrected chi connectivity index (χ3v) is 4.22. The number of aromatic nitrogens is 1. The van der Waals surface area contributed by atoms with E-state index in [-0.39, 0.29) is 22.4 Å². The third-order valence-electron chi connectivity index (χ3n) is 2.49. The lowest BCUT2D eigenvalue weighted by Gasteiger charge is -2.06. The first kappa shape index (κ1) is 16.5. The number of nitrogens with zero attached hydrogens (tertiary/aromatic N) is 2. The largest absolute Gasteiger partial charge is 0.325 e. The molecule has 1 aromatic carbocycles. The molecule has 6 nitrogen and oxygen atoms in total. The first-order valence-electron chi connectivity index (χ1n) is 5.94. The Morgan fingerprint density at radius 1 is 1.32 bits per heavy atom. The monoisotopic (exact) mass is 357 g/mol. The van der Waals surface area contributed by atoms with Crippen molar-refractivity contribution >= 4 is 52.2 Å². The summed E-state index contributed by atoms with van der Waals surface area (Å²) in [4.78, 5) is 26.1. The summed E-state index contributed by atoms with van der Waals surface area (Å²) in [5, 5.41) is 14.4. The van der Waals surface area contributed by atoms with E-state index in [2.05, 4.69) is 10.3 Å². The summed E-state index contributed by atoms with van der Waals surface area (Å²) in [6, 6.07) is 7.51. The number of carbonyl (C=O) groups is 1. The number of pyridine rings is 1. The minimum atomic E-state index is -0.536. The smallest absolute Gasteiger partial charge is 0.301 e. The SMILES string of the molecule is O=C(CSc1ncccc1[N+](=O)[O-])Nc1ccc(Cl)c(Cl)c1. The summed E-state index contributed by atoms with van der Waals surface area (Å²) in [5.74, 6) is -0.346. The minimum Gasteiger partial charge on any atom is -0.325 e. The maximum absolute atomic E-state index is 11.9. The van der Waals surface area contributed by atoms with Crippen LogP contribution in [0.3, 0.4) is 0 Å². The summed E-state index contributed by atoms with van der Waals surface area (Å²) < 4.78 is 0. The molecule has 0 bridgehead atoms. The van der Waals surface area contributed by atoms with Gasteiger partial charge in [-0.2, -0.15) is 0 Å². The third kappa shape index (κ3) is 4.33. The zero-order valence-corrected chi connectivity index (χ0v) is 13.3. The Morgan fingerprint density at radius 2 is 2.09 bits per heavy atom. The fourth-order valence-corrected chi connectivity index (χ4v) is 2.60. The highest BCUT2D eigenvalue weighted by Crippen LogP contribution is 2.27. The second-order valence-corrected chi connectivity index (χ2v) is 5.83. The number of amides is 1. The molecule has 0 aliphatic rings. The average Bonchev–Trinajstić information content (AvgIpc) is 2.49. The van der Waals surface area contributed by atoms with Crippen molar-refractivity contribution in [3.8, 4) is 0 Å². The molecule has 9 heteroatoms. The van der Waals surface area contributed by atoms with E-state index in [1.54, 1.807) is 12.1 Å². The van der Waals surface area contributed by atoms with Gasteiger partial charge in [-0.3, -0.25) is 14.9 Å². The van der Waals surface area contributed by atoms with Gasteiger partial charge in [0.1, 0.15) is 0 Å². The molecule has 1 amide bonds.